The van der Waals surface area contributed by atoms with Crippen LogP contribution in [0.5, 0.6) is 11.5 Å². The Hall–Kier alpha value is -3.04. The van der Waals surface area contributed by atoms with E-state index in [2.05, 4.69) is 29.2 Å². The van der Waals surface area contributed by atoms with Crippen molar-refractivity contribution in [3.05, 3.63) is 60.2 Å². The van der Waals surface area contributed by atoms with E-state index in [0.717, 1.165) is 19.6 Å². The molecule has 34 heavy (non-hydrogen) atoms. The lowest BCUT2D eigenvalue weighted by atomic mass is 10.2. The summed E-state index contributed by atoms with van der Waals surface area (Å²) < 4.78 is 36.7. The maximum Gasteiger partial charge on any atom is 0.232 e. The number of piperazine rings is 1. The van der Waals surface area contributed by atoms with Crippen molar-refractivity contribution >= 4 is 27.7 Å². The number of benzene rings is 2. The van der Waals surface area contributed by atoms with Crippen molar-refractivity contribution in [2.24, 2.45) is 0 Å². The Morgan fingerprint density at radius 1 is 1.03 bits per heavy atom. The Balaban J connectivity index is 1.23. The normalized spacial score (nSPS) is 16.2. The molecule has 2 aliphatic rings. The molecule has 0 atom stereocenters. The molecule has 0 N–H and O–H groups in total. The number of hydrogen-bond donors (Lipinski definition) is 0. The molecule has 0 radical (unpaired) electrons. The summed E-state index contributed by atoms with van der Waals surface area (Å²) in [6, 6.07) is 15.3. The standard InChI is InChI=1S/C25H31N3O5S/c1-34(30,31)28(22-11-12-23-24(19-22)33-20-32-23)14-6-10-25(29)27-17-15-26(16-18-27)13-5-9-21-7-3-2-4-8-21/h2-5,7-9,11-12,19H,6,10,13-18,20H2,1H3/b9-5+. The molecule has 1 amide bonds. The summed E-state index contributed by atoms with van der Waals surface area (Å²) in [4.78, 5) is 16.9. The fourth-order valence-corrected chi connectivity index (χ4v) is 5.10. The molecule has 0 aliphatic carbocycles. The van der Waals surface area contributed by atoms with Crippen LogP contribution in [-0.4, -0.2) is 76.4 Å². The van der Waals surface area contributed by atoms with Crippen molar-refractivity contribution in [3.8, 4) is 11.5 Å². The molecular formula is C25H31N3O5S. The zero-order valence-corrected chi connectivity index (χ0v) is 20.2. The van der Waals surface area contributed by atoms with Gasteiger partial charge in [0.25, 0.3) is 0 Å². The van der Waals surface area contributed by atoms with Crippen molar-refractivity contribution in [2.45, 2.75) is 12.8 Å². The minimum Gasteiger partial charge on any atom is -0.454 e. The van der Waals surface area contributed by atoms with E-state index in [9.17, 15) is 13.2 Å². The topological polar surface area (TPSA) is 79.4 Å². The molecule has 0 unspecified atom stereocenters. The molecule has 2 heterocycles. The van der Waals surface area contributed by atoms with Gasteiger partial charge in [-0.25, -0.2) is 8.42 Å². The Labute approximate surface area is 201 Å². The van der Waals surface area contributed by atoms with E-state index in [0.29, 0.717) is 43.1 Å². The van der Waals surface area contributed by atoms with Gasteiger partial charge in [0, 0.05) is 51.8 Å². The van der Waals surface area contributed by atoms with E-state index in [4.69, 9.17) is 9.47 Å². The number of carbonyl (C=O) groups is 1. The van der Waals surface area contributed by atoms with Crippen molar-refractivity contribution in [1.29, 1.82) is 0 Å². The Morgan fingerprint density at radius 3 is 2.50 bits per heavy atom. The predicted molar refractivity (Wildman–Crippen MR) is 132 cm³/mol. The third-order valence-corrected chi connectivity index (χ3v) is 7.19. The number of ether oxygens (including phenoxy) is 2. The van der Waals surface area contributed by atoms with Crippen LogP contribution in [0.15, 0.2) is 54.6 Å². The molecule has 4 rings (SSSR count). The smallest absolute Gasteiger partial charge is 0.232 e. The van der Waals surface area contributed by atoms with Gasteiger partial charge in [-0.3, -0.25) is 14.0 Å². The fraction of sp³-hybridized carbons (Fsp3) is 0.400. The van der Waals surface area contributed by atoms with Crippen molar-refractivity contribution in [2.75, 3.05) is 56.6 Å². The Bertz CT molecular complexity index is 1110. The third kappa shape index (κ3) is 6.30. The summed E-state index contributed by atoms with van der Waals surface area (Å²) in [6.07, 6.45) is 6.20. The number of rotatable bonds is 9. The number of hydrogen-bond acceptors (Lipinski definition) is 6. The molecule has 2 aromatic carbocycles. The molecule has 2 aliphatic heterocycles. The zero-order valence-electron chi connectivity index (χ0n) is 19.4. The number of anilines is 1. The lowest BCUT2D eigenvalue weighted by Gasteiger charge is -2.34. The van der Waals surface area contributed by atoms with Crippen LogP contribution < -0.4 is 13.8 Å². The number of carbonyl (C=O) groups excluding carboxylic acids is 1. The molecule has 0 bridgehead atoms. The Morgan fingerprint density at radius 2 is 1.76 bits per heavy atom. The highest BCUT2D eigenvalue weighted by Gasteiger charge is 2.23. The van der Waals surface area contributed by atoms with Crippen LogP contribution >= 0.6 is 0 Å². The minimum atomic E-state index is -3.50. The second kappa shape index (κ2) is 10.9. The van der Waals surface area contributed by atoms with Gasteiger partial charge in [0.2, 0.25) is 22.7 Å². The zero-order chi connectivity index (χ0) is 24.0. The molecule has 8 nitrogen and oxygen atoms in total. The van der Waals surface area contributed by atoms with Gasteiger partial charge < -0.3 is 14.4 Å². The molecule has 9 heteroatoms. The first-order valence-electron chi connectivity index (χ1n) is 11.5. The monoisotopic (exact) mass is 485 g/mol. The van der Waals surface area contributed by atoms with Crippen LogP contribution in [0.3, 0.4) is 0 Å². The first kappa shape index (κ1) is 24.1. The van der Waals surface area contributed by atoms with Crippen LogP contribution in [0.2, 0.25) is 0 Å². The van der Waals surface area contributed by atoms with Gasteiger partial charge in [-0.1, -0.05) is 42.5 Å². The molecular weight excluding hydrogens is 454 g/mol. The molecule has 2 aromatic rings. The number of amides is 1. The molecule has 0 spiro atoms. The second-order valence-corrected chi connectivity index (χ2v) is 10.4. The average Bonchev–Trinajstić information content (AvgIpc) is 3.30. The van der Waals surface area contributed by atoms with E-state index in [-0.39, 0.29) is 19.2 Å². The van der Waals surface area contributed by atoms with Crippen LogP contribution in [0, 0.1) is 0 Å². The van der Waals surface area contributed by atoms with E-state index in [1.807, 2.05) is 23.1 Å². The summed E-state index contributed by atoms with van der Waals surface area (Å²) in [5.41, 5.74) is 1.69. The van der Waals surface area contributed by atoms with E-state index >= 15 is 0 Å². The van der Waals surface area contributed by atoms with E-state index < -0.39 is 10.0 Å². The van der Waals surface area contributed by atoms with Crippen LogP contribution in [0.25, 0.3) is 6.08 Å². The van der Waals surface area contributed by atoms with Crippen molar-refractivity contribution in [1.82, 2.24) is 9.80 Å². The molecule has 182 valence electrons. The summed E-state index contributed by atoms with van der Waals surface area (Å²) >= 11 is 0. The average molecular weight is 486 g/mol. The number of fused-ring (bicyclic) bond motifs is 1. The third-order valence-electron chi connectivity index (χ3n) is 5.99. The molecule has 0 saturated carbocycles. The summed E-state index contributed by atoms with van der Waals surface area (Å²) in [6.45, 7) is 4.26. The van der Waals surface area contributed by atoms with Gasteiger partial charge in [-0.05, 0) is 24.1 Å². The summed E-state index contributed by atoms with van der Waals surface area (Å²) in [5, 5.41) is 0. The minimum absolute atomic E-state index is 0.0682. The first-order chi connectivity index (χ1) is 16.4. The van der Waals surface area contributed by atoms with Crippen LogP contribution in [0.1, 0.15) is 18.4 Å². The highest BCUT2D eigenvalue weighted by molar-refractivity contribution is 7.92. The number of sulfonamides is 1. The maximum atomic E-state index is 12.7. The van der Waals surface area contributed by atoms with E-state index in [1.165, 1.54) is 16.1 Å². The van der Waals surface area contributed by atoms with Gasteiger partial charge in [0.05, 0.1) is 11.9 Å². The second-order valence-electron chi connectivity index (χ2n) is 8.47. The lowest BCUT2D eigenvalue weighted by molar-refractivity contribution is -0.132. The maximum absolute atomic E-state index is 12.7. The fourth-order valence-electron chi connectivity index (χ4n) is 4.14. The van der Waals surface area contributed by atoms with Gasteiger partial charge in [-0.2, -0.15) is 0 Å². The Kier molecular flexibility index (Phi) is 7.74. The summed E-state index contributed by atoms with van der Waals surface area (Å²) in [5.74, 6) is 1.19. The largest absolute Gasteiger partial charge is 0.454 e. The van der Waals surface area contributed by atoms with Gasteiger partial charge in [-0.15, -0.1) is 0 Å². The highest BCUT2D eigenvalue weighted by atomic mass is 32.2. The van der Waals surface area contributed by atoms with Gasteiger partial charge in [0.15, 0.2) is 11.5 Å². The quantitative estimate of drug-likeness (QED) is 0.544. The molecule has 1 saturated heterocycles. The van der Waals surface area contributed by atoms with E-state index in [1.54, 1.807) is 18.2 Å². The van der Waals surface area contributed by atoms with Gasteiger partial charge >= 0.3 is 0 Å². The predicted octanol–water partition coefficient (Wildman–Crippen LogP) is 2.82. The van der Waals surface area contributed by atoms with Crippen LogP contribution in [-0.2, 0) is 14.8 Å². The SMILES string of the molecule is CS(=O)(=O)N(CCCC(=O)N1CCN(C/C=C/c2ccccc2)CC1)c1ccc2c(c1)OCO2. The van der Waals surface area contributed by atoms with Crippen molar-refractivity contribution in [3.63, 3.8) is 0 Å². The lowest BCUT2D eigenvalue weighted by Crippen LogP contribution is -2.48. The highest BCUT2D eigenvalue weighted by Crippen LogP contribution is 2.36. The van der Waals surface area contributed by atoms with Gasteiger partial charge in [0.1, 0.15) is 0 Å². The number of nitrogens with zero attached hydrogens (tertiary/aromatic N) is 3. The summed E-state index contributed by atoms with van der Waals surface area (Å²) in [7, 11) is -3.50. The van der Waals surface area contributed by atoms with Crippen LogP contribution in [0.4, 0.5) is 5.69 Å². The van der Waals surface area contributed by atoms with Crippen molar-refractivity contribution < 1.29 is 22.7 Å². The molecule has 1 fully saturated rings. The molecule has 0 aromatic heterocycles. The first-order valence-corrected chi connectivity index (χ1v) is 13.3.